The van der Waals surface area contributed by atoms with E-state index in [0.29, 0.717) is 0 Å². The number of amides is 3. The van der Waals surface area contributed by atoms with Crippen molar-refractivity contribution >= 4 is 23.9 Å². The van der Waals surface area contributed by atoms with Crippen LogP contribution in [0, 0.1) is 0 Å². The average Bonchev–Trinajstić information content (AvgIpc) is 2.80. The molecule has 0 spiro atoms. The van der Waals surface area contributed by atoms with Gasteiger partial charge in [0.2, 0.25) is 11.8 Å². The molecule has 0 saturated heterocycles. The molecule has 3 amide bonds. The number of nitrogens with one attached hydrogen (secondary N) is 2. The van der Waals surface area contributed by atoms with Crippen molar-refractivity contribution in [2.75, 3.05) is 7.11 Å². The van der Waals surface area contributed by atoms with Gasteiger partial charge in [-0.05, 0) is 17.5 Å². The van der Waals surface area contributed by atoms with E-state index in [-0.39, 0.29) is 25.9 Å². The number of benzene rings is 2. The predicted molar refractivity (Wildman–Crippen MR) is 116 cm³/mol. The number of carbonyl (C=O) groups is 4. The minimum absolute atomic E-state index is 0.0236. The van der Waals surface area contributed by atoms with Gasteiger partial charge in [0.25, 0.3) is 0 Å². The van der Waals surface area contributed by atoms with Crippen molar-refractivity contribution in [2.24, 2.45) is 5.73 Å². The summed E-state index contributed by atoms with van der Waals surface area (Å²) in [5.41, 5.74) is 6.95. The molecule has 9 heteroatoms. The largest absolute Gasteiger partial charge is 0.469 e. The molecule has 0 aliphatic carbocycles. The topological polar surface area (TPSA) is 137 Å². The number of methoxy groups -OCH3 is 1. The first-order valence-corrected chi connectivity index (χ1v) is 10.1. The number of esters is 1. The van der Waals surface area contributed by atoms with Gasteiger partial charge in [-0.15, -0.1) is 0 Å². The second-order valence-corrected chi connectivity index (χ2v) is 7.03. The van der Waals surface area contributed by atoms with E-state index in [2.05, 4.69) is 15.4 Å². The SMILES string of the molecule is COC(=O)CC[C@H](NC(=O)[C@H](Cc1ccccc1)NC(=O)OCc1ccccc1)C(N)=O. The Labute approximate surface area is 186 Å². The molecule has 9 nitrogen and oxygen atoms in total. The highest BCUT2D eigenvalue weighted by atomic mass is 16.5. The van der Waals surface area contributed by atoms with Crippen LogP contribution in [0.25, 0.3) is 0 Å². The molecule has 2 aromatic carbocycles. The maximum Gasteiger partial charge on any atom is 0.408 e. The van der Waals surface area contributed by atoms with E-state index >= 15 is 0 Å². The van der Waals surface area contributed by atoms with Gasteiger partial charge in [0, 0.05) is 12.8 Å². The molecule has 32 heavy (non-hydrogen) atoms. The van der Waals surface area contributed by atoms with Crippen LogP contribution in [0.2, 0.25) is 0 Å². The Morgan fingerprint density at radius 3 is 2.03 bits per heavy atom. The second kappa shape index (κ2) is 12.7. The van der Waals surface area contributed by atoms with E-state index in [1.54, 1.807) is 36.4 Å². The van der Waals surface area contributed by atoms with Crippen LogP contribution in [0.15, 0.2) is 60.7 Å². The number of ether oxygens (including phenoxy) is 2. The molecule has 0 fully saturated rings. The van der Waals surface area contributed by atoms with Gasteiger partial charge >= 0.3 is 12.1 Å². The molecule has 4 N–H and O–H groups in total. The monoisotopic (exact) mass is 441 g/mol. The summed E-state index contributed by atoms with van der Waals surface area (Å²) in [4.78, 5) is 48.3. The van der Waals surface area contributed by atoms with Crippen molar-refractivity contribution in [1.82, 2.24) is 10.6 Å². The van der Waals surface area contributed by atoms with Gasteiger partial charge in [0.1, 0.15) is 18.7 Å². The number of hydrogen-bond acceptors (Lipinski definition) is 6. The average molecular weight is 441 g/mol. The Bertz CT molecular complexity index is 904. The van der Waals surface area contributed by atoms with Gasteiger partial charge in [0.15, 0.2) is 0 Å². The van der Waals surface area contributed by atoms with Crippen LogP contribution >= 0.6 is 0 Å². The van der Waals surface area contributed by atoms with Crippen LogP contribution in [0.3, 0.4) is 0 Å². The number of carbonyl (C=O) groups excluding carboxylic acids is 4. The summed E-state index contributed by atoms with van der Waals surface area (Å²) >= 11 is 0. The molecule has 0 aliphatic heterocycles. The molecule has 170 valence electrons. The number of nitrogens with two attached hydrogens (primary N) is 1. The van der Waals surface area contributed by atoms with Crippen LogP contribution < -0.4 is 16.4 Å². The molecule has 0 radical (unpaired) electrons. The minimum Gasteiger partial charge on any atom is -0.469 e. The fourth-order valence-corrected chi connectivity index (χ4v) is 2.89. The van der Waals surface area contributed by atoms with E-state index < -0.39 is 36.0 Å². The third-order valence-corrected chi connectivity index (χ3v) is 4.63. The van der Waals surface area contributed by atoms with Crippen molar-refractivity contribution in [3.63, 3.8) is 0 Å². The van der Waals surface area contributed by atoms with Crippen LogP contribution in [0.4, 0.5) is 4.79 Å². The zero-order chi connectivity index (χ0) is 23.3. The Balaban J connectivity index is 2.05. The smallest absolute Gasteiger partial charge is 0.408 e. The summed E-state index contributed by atoms with van der Waals surface area (Å²) in [7, 11) is 1.22. The normalized spacial score (nSPS) is 12.2. The fourth-order valence-electron chi connectivity index (χ4n) is 2.89. The molecular weight excluding hydrogens is 414 g/mol. The molecule has 0 bridgehead atoms. The predicted octanol–water partition coefficient (Wildman–Crippen LogP) is 1.45. The number of primary amides is 1. The third kappa shape index (κ3) is 8.47. The van der Waals surface area contributed by atoms with Crippen molar-refractivity contribution in [3.05, 3.63) is 71.8 Å². The number of alkyl carbamates (subject to hydrolysis) is 1. The maximum atomic E-state index is 12.9. The van der Waals surface area contributed by atoms with Gasteiger partial charge in [-0.1, -0.05) is 60.7 Å². The van der Waals surface area contributed by atoms with E-state index in [1.165, 1.54) is 7.11 Å². The summed E-state index contributed by atoms with van der Waals surface area (Å²) in [6.07, 6.45) is -0.740. The van der Waals surface area contributed by atoms with Crippen LogP contribution in [-0.2, 0) is 36.9 Å². The Morgan fingerprint density at radius 1 is 0.875 bits per heavy atom. The zero-order valence-electron chi connectivity index (χ0n) is 17.8. The van der Waals surface area contributed by atoms with E-state index in [4.69, 9.17) is 10.5 Å². The van der Waals surface area contributed by atoms with Gasteiger partial charge < -0.3 is 25.8 Å². The zero-order valence-corrected chi connectivity index (χ0v) is 17.8. The first-order chi connectivity index (χ1) is 15.4. The summed E-state index contributed by atoms with van der Waals surface area (Å²) in [5, 5.41) is 5.04. The summed E-state index contributed by atoms with van der Waals surface area (Å²) in [5.74, 6) is -1.96. The van der Waals surface area contributed by atoms with Crippen LogP contribution in [0.5, 0.6) is 0 Å². The highest BCUT2D eigenvalue weighted by Crippen LogP contribution is 2.07. The lowest BCUT2D eigenvalue weighted by Crippen LogP contribution is -2.53. The van der Waals surface area contributed by atoms with Gasteiger partial charge in [-0.2, -0.15) is 0 Å². The molecule has 0 aliphatic rings. The Kier molecular flexibility index (Phi) is 9.70. The first kappa shape index (κ1) is 24.4. The maximum absolute atomic E-state index is 12.9. The lowest BCUT2D eigenvalue weighted by molar-refractivity contribution is -0.141. The fraction of sp³-hybridized carbons (Fsp3) is 0.304. The highest BCUT2D eigenvalue weighted by Gasteiger charge is 2.27. The van der Waals surface area contributed by atoms with Gasteiger partial charge in [-0.25, -0.2) is 4.79 Å². The molecule has 2 rings (SSSR count). The summed E-state index contributed by atoms with van der Waals surface area (Å²) in [6, 6.07) is 16.0. The number of rotatable bonds is 11. The lowest BCUT2D eigenvalue weighted by atomic mass is 10.0. The van der Waals surface area contributed by atoms with E-state index in [0.717, 1.165) is 11.1 Å². The van der Waals surface area contributed by atoms with E-state index in [9.17, 15) is 19.2 Å². The molecule has 2 atom stereocenters. The standard InChI is InChI=1S/C23H27N3O6/c1-31-20(27)13-12-18(21(24)28)25-22(29)19(14-16-8-4-2-5-9-16)26-23(30)32-15-17-10-6-3-7-11-17/h2-11,18-19H,12-15H2,1H3,(H2,24,28)(H,25,29)(H,26,30)/t18-,19-/m0/s1. The first-order valence-electron chi connectivity index (χ1n) is 10.1. The van der Waals surface area contributed by atoms with E-state index in [1.807, 2.05) is 24.3 Å². The molecule has 0 aromatic heterocycles. The summed E-state index contributed by atoms with van der Waals surface area (Å²) in [6.45, 7) is 0.0371. The minimum atomic E-state index is -1.10. The van der Waals surface area contributed by atoms with Gasteiger partial charge in [-0.3, -0.25) is 14.4 Å². The second-order valence-electron chi connectivity index (χ2n) is 7.03. The lowest BCUT2D eigenvalue weighted by Gasteiger charge is -2.22. The van der Waals surface area contributed by atoms with Crippen molar-refractivity contribution in [1.29, 1.82) is 0 Å². The van der Waals surface area contributed by atoms with Crippen molar-refractivity contribution in [3.8, 4) is 0 Å². The quantitative estimate of drug-likeness (QED) is 0.452. The van der Waals surface area contributed by atoms with Crippen molar-refractivity contribution in [2.45, 2.75) is 38.0 Å². The molecule has 0 unspecified atom stereocenters. The van der Waals surface area contributed by atoms with Crippen molar-refractivity contribution < 1.29 is 28.7 Å². The van der Waals surface area contributed by atoms with Gasteiger partial charge in [0.05, 0.1) is 7.11 Å². The Hall–Kier alpha value is -3.88. The number of hydrogen-bond donors (Lipinski definition) is 3. The molecule has 2 aromatic rings. The summed E-state index contributed by atoms with van der Waals surface area (Å²) < 4.78 is 9.76. The third-order valence-electron chi connectivity index (χ3n) is 4.63. The Morgan fingerprint density at radius 2 is 1.47 bits per heavy atom. The molecular formula is C23H27N3O6. The molecule has 0 heterocycles. The van der Waals surface area contributed by atoms with Crippen LogP contribution in [0.1, 0.15) is 24.0 Å². The highest BCUT2D eigenvalue weighted by molar-refractivity contribution is 5.91. The molecule has 0 saturated carbocycles. The van der Waals surface area contributed by atoms with Crippen LogP contribution in [-0.4, -0.2) is 43.1 Å².